The second kappa shape index (κ2) is 5.91. The third-order valence-corrected chi connectivity index (χ3v) is 3.81. The van der Waals surface area contributed by atoms with E-state index < -0.39 is 0 Å². The summed E-state index contributed by atoms with van der Waals surface area (Å²) in [5, 5.41) is 0. The second-order valence-electron chi connectivity index (χ2n) is 5.13. The maximum absolute atomic E-state index is 5.86. The molecule has 0 atom stereocenters. The fourth-order valence-electron chi connectivity index (χ4n) is 2.65. The van der Waals surface area contributed by atoms with Gasteiger partial charge in [0.05, 0.1) is 7.11 Å². The average Bonchev–Trinajstić information content (AvgIpc) is 2.55. The van der Waals surface area contributed by atoms with Crippen LogP contribution in [0.5, 0.6) is 5.88 Å². The van der Waals surface area contributed by atoms with Gasteiger partial charge < -0.3 is 20.3 Å². The van der Waals surface area contributed by atoms with Crippen molar-refractivity contribution in [2.45, 2.75) is 0 Å². The molecule has 1 fully saturated rings. The van der Waals surface area contributed by atoms with Crippen molar-refractivity contribution in [3.63, 3.8) is 0 Å². The molecule has 0 amide bonds. The van der Waals surface area contributed by atoms with Gasteiger partial charge in [-0.15, -0.1) is 0 Å². The Morgan fingerprint density at radius 3 is 2.29 bits per heavy atom. The van der Waals surface area contributed by atoms with Gasteiger partial charge in [0.1, 0.15) is 0 Å². The van der Waals surface area contributed by atoms with Crippen molar-refractivity contribution in [1.29, 1.82) is 0 Å². The topological polar surface area (TPSA) is 54.6 Å². The van der Waals surface area contributed by atoms with E-state index in [9.17, 15) is 0 Å². The van der Waals surface area contributed by atoms with Crippen LogP contribution in [0.25, 0.3) is 0 Å². The van der Waals surface area contributed by atoms with Crippen LogP contribution < -0.4 is 20.3 Å². The normalized spacial score (nSPS) is 15.1. The van der Waals surface area contributed by atoms with E-state index in [4.69, 9.17) is 10.5 Å². The van der Waals surface area contributed by atoms with Crippen molar-refractivity contribution in [2.75, 3.05) is 48.8 Å². The van der Waals surface area contributed by atoms with E-state index in [2.05, 4.69) is 20.9 Å². The number of pyridine rings is 1. The summed E-state index contributed by atoms with van der Waals surface area (Å²) in [5.41, 5.74) is 9.03. The minimum Gasteiger partial charge on any atom is -0.481 e. The van der Waals surface area contributed by atoms with Crippen molar-refractivity contribution in [1.82, 2.24) is 4.98 Å². The smallest absolute Gasteiger partial charge is 0.214 e. The number of aromatic nitrogens is 1. The molecule has 3 rings (SSSR count). The molecule has 0 aliphatic carbocycles. The first-order valence-corrected chi connectivity index (χ1v) is 7.12. The van der Waals surface area contributed by atoms with Crippen LogP contribution in [-0.4, -0.2) is 38.3 Å². The summed E-state index contributed by atoms with van der Waals surface area (Å²) in [6, 6.07) is 12.1. The number of nitrogen functional groups attached to an aromatic ring is 1. The monoisotopic (exact) mass is 284 g/mol. The Morgan fingerprint density at radius 2 is 1.67 bits per heavy atom. The lowest BCUT2D eigenvalue weighted by atomic mass is 10.2. The number of ether oxygens (including phenoxy) is 1. The molecule has 5 nitrogen and oxygen atoms in total. The van der Waals surface area contributed by atoms with E-state index in [1.54, 1.807) is 13.3 Å². The van der Waals surface area contributed by atoms with Gasteiger partial charge in [0.15, 0.2) is 0 Å². The molecule has 0 radical (unpaired) electrons. The Morgan fingerprint density at radius 1 is 1.00 bits per heavy atom. The van der Waals surface area contributed by atoms with Crippen LogP contribution in [0, 0.1) is 0 Å². The highest BCUT2D eigenvalue weighted by Crippen LogP contribution is 2.23. The molecule has 0 bridgehead atoms. The first-order chi connectivity index (χ1) is 10.3. The molecule has 0 unspecified atom stereocenters. The van der Waals surface area contributed by atoms with Crippen LogP contribution in [0.3, 0.4) is 0 Å². The SMILES string of the molecule is COc1cc(N2CCN(c3cccc(N)c3)CC2)ccn1. The number of hydrogen-bond acceptors (Lipinski definition) is 5. The van der Waals surface area contributed by atoms with Crippen LogP contribution in [-0.2, 0) is 0 Å². The molecule has 2 heterocycles. The summed E-state index contributed by atoms with van der Waals surface area (Å²) in [4.78, 5) is 8.87. The van der Waals surface area contributed by atoms with Gasteiger partial charge in [-0.05, 0) is 24.3 Å². The molecule has 0 saturated carbocycles. The molecule has 21 heavy (non-hydrogen) atoms. The minimum absolute atomic E-state index is 0.658. The standard InChI is InChI=1S/C16H20N4O/c1-21-16-12-15(5-6-18-16)20-9-7-19(8-10-20)14-4-2-3-13(17)11-14/h2-6,11-12H,7-10,17H2,1H3. The van der Waals surface area contributed by atoms with Gasteiger partial charge in [0, 0.05) is 55.5 Å². The van der Waals surface area contributed by atoms with E-state index in [0.29, 0.717) is 5.88 Å². The number of rotatable bonds is 3. The highest BCUT2D eigenvalue weighted by atomic mass is 16.5. The summed E-state index contributed by atoms with van der Waals surface area (Å²) in [5.74, 6) is 0.658. The van der Waals surface area contributed by atoms with Gasteiger partial charge in [0.2, 0.25) is 5.88 Å². The van der Waals surface area contributed by atoms with Crippen molar-refractivity contribution in [3.05, 3.63) is 42.6 Å². The van der Waals surface area contributed by atoms with E-state index >= 15 is 0 Å². The van der Waals surface area contributed by atoms with Crippen LogP contribution in [0.1, 0.15) is 0 Å². The zero-order chi connectivity index (χ0) is 14.7. The van der Waals surface area contributed by atoms with Crippen molar-refractivity contribution >= 4 is 17.1 Å². The lowest BCUT2D eigenvalue weighted by Gasteiger charge is -2.37. The fourth-order valence-corrected chi connectivity index (χ4v) is 2.65. The van der Waals surface area contributed by atoms with Crippen LogP contribution in [0.4, 0.5) is 17.1 Å². The Kier molecular flexibility index (Phi) is 3.81. The van der Waals surface area contributed by atoms with E-state index in [-0.39, 0.29) is 0 Å². The van der Waals surface area contributed by atoms with E-state index in [1.807, 2.05) is 30.3 Å². The van der Waals surface area contributed by atoms with Gasteiger partial charge in [-0.3, -0.25) is 0 Å². The van der Waals surface area contributed by atoms with Gasteiger partial charge in [-0.1, -0.05) is 6.07 Å². The summed E-state index contributed by atoms with van der Waals surface area (Å²) in [6.07, 6.45) is 1.79. The fraction of sp³-hybridized carbons (Fsp3) is 0.312. The quantitative estimate of drug-likeness (QED) is 0.874. The maximum Gasteiger partial charge on any atom is 0.214 e. The minimum atomic E-state index is 0.658. The number of nitrogens with two attached hydrogens (primary N) is 1. The number of methoxy groups -OCH3 is 1. The largest absolute Gasteiger partial charge is 0.481 e. The molecular weight excluding hydrogens is 264 g/mol. The molecule has 2 aromatic rings. The Hall–Kier alpha value is -2.43. The number of hydrogen-bond donors (Lipinski definition) is 1. The molecule has 1 aromatic carbocycles. The van der Waals surface area contributed by atoms with E-state index in [0.717, 1.165) is 37.6 Å². The van der Waals surface area contributed by atoms with Crippen LogP contribution in [0.2, 0.25) is 0 Å². The van der Waals surface area contributed by atoms with Crippen molar-refractivity contribution in [3.8, 4) is 5.88 Å². The van der Waals surface area contributed by atoms with Gasteiger partial charge >= 0.3 is 0 Å². The molecule has 110 valence electrons. The predicted molar refractivity (Wildman–Crippen MR) is 86.1 cm³/mol. The molecule has 1 aliphatic rings. The van der Waals surface area contributed by atoms with Crippen molar-refractivity contribution < 1.29 is 4.74 Å². The summed E-state index contributed by atoms with van der Waals surface area (Å²) in [6.45, 7) is 3.91. The lowest BCUT2D eigenvalue weighted by molar-refractivity contribution is 0.398. The zero-order valence-corrected chi connectivity index (χ0v) is 12.2. The lowest BCUT2D eigenvalue weighted by Crippen LogP contribution is -2.46. The highest BCUT2D eigenvalue weighted by Gasteiger charge is 2.18. The van der Waals surface area contributed by atoms with Crippen LogP contribution >= 0.6 is 0 Å². The number of benzene rings is 1. The van der Waals surface area contributed by atoms with Crippen LogP contribution in [0.15, 0.2) is 42.6 Å². The van der Waals surface area contributed by atoms with E-state index in [1.165, 1.54) is 5.69 Å². The van der Waals surface area contributed by atoms with Crippen molar-refractivity contribution in [2.24, 2.45) is 0 Å². The number of piperazine rings is 1. The molecule has 5 heteroatoms. The van der Waals surface area contributed by atoms with Gasteiger partial charge in [-0.25, -0.2) is 4.98 Å². The Labute approximate surface area is 125 Å². The molecule has 1 saturated heterocycles. The summed E-state index contributed by atoms with van der Waals surface area (Å²) in [7, 11) is 1.64. The molecule has 1 aromatic heterocycles. The third-order valence-electron chi connectivity index (χ3n) is 3.81. The average molecular weight is 284 g/mol. The van der Waals surface area contributed by atoms with Gasteiger partial charge in [0.25, 0.3) is 0 Å². The first-order valence-electron chi connectivity index (χ1n) is 7.12. The maximum atomic E-state index is 5.86. The number of anilines is 3. The highest BCUT2D eigenvalue weighted by molar-refractivity contribution is 5.57. The number of nitrogens with zero attached hydrogens (tertiary/aromatic N) is 3. The summed E-state index contributed by atoms with van der Waals surface area (Å²) >= 11 is 0. The molecule has 2 N–H and O–H groups in total. The molecular formula is C16H20N4O. The first kappa shape index (κ1) is 13.5. The summed E-state index contributed by atoms with van der Waals surface area (Å²) < 4.78 is 5.19. The van der Waals surface area contributed by atoms with Gasteiger partial charge in [-0.2, -0.15) is 0 Å². The Balaban J connectivity index is 1.67. The molecule has 1 aliphatic heterocycles. The zero-order valence-electron chi connectivity index (χ0n) is 12.2. The molecule has 0 spiro atoms. The Bertz CT molecular complexity index is 609. The second-order valence-corrected chi connectivity index (χ2v) is 5.13. The predicted octanol–water partition coefficient (Wildman–Crippen LogP) is 2.00. The third kappa shape index (κ3) is 3.02.